The zero-order valence-electron chi connectivity index (χ0n) is 12.4. The van der Waals surface area contributed by atoms with Crippen LogP contribution in [-0.2, 0) is 11.2 Å². The van der Waals surface area contributed by atoms with Crippen LogP contribution in [0.3, 0.4) is 0 Å². The zero-order valence-corrected chi connectivity index (χ0v) is 12.4. The van der Waals surface area contributed by atoms with Gasteiger partial charge in [-0.15, -0.1) is 5.10 Å². The van der Waals surface area contributed by atoms with E-state index in [-0.39, 0.29) is 23.8 Å². The Morgan fingerprint density at radius 1 is 1.35 bits per heavy atom. The number of carbonyl (C=O) groups is 1. The molecule has 1 fully saturated rings. The highest BCUT2D eigenvalue weighted by Crippen LogP contribution is 2.35. The number of nitrogens with zero attached hydrogens (tertiary/aromatic N) is 6. The van der Waals surface area contributed by atoms with Gasteiger partial charge in [0, 0.05) is 43.7 Å². The number of allylic oxidation sites excluding steroid dienone is 1. The fourth-order valence-corrected chi connectivity index (χ4v) is 3.34. The fraction of sp³-hybridized carbons (Fsp3) is 0.312. The van der Waals surface area contributed by atoms with Gasteiger partial charge in [0.15, 0.2) is 5.78 Å². The van der Waals surface area contributed by atoms with Crippen molar-refractivity contribution in [2.24, 2.45) is 0 Å². The van der Waals surface area contributed by atoms with Crippen LogP contribution in [0.15, 0.2) is 36.4 Å². The Morgan fingerprint density at radius 3 is 3.04 bits per heavy atom. The Hall–Kier alpha value is -3.01. The summed E-state index contributed by atoms with van der Waals surface area (Å²) in [4.78, 5) is 18.5. The lowest BCUT2D eigenvalue weighted by atomic mass is 9.89. The lowest BCUT2D eigenvalue weighted by Gasteiger charge is -2.27. The van der Waals surface area contributed by atoms with Crippen molar-refractivity contribution in [3.63, 3.8) is 0 Å². The van der Waals surface area contributed by atoms with Gasteiger partial charge < -0.3 is 4.90 Å². The third-order valence-corrected chi connectivity index (χ3v) is 4.43. The van der Waals surface area contributed by atoms with Crippen LogP contribution in [0.25, 0.3) is 5.70 Å². The van der Waals surface area contributed by atoms with E-state index in [9.17, 15) is 10.1 Å². The molecule has 0 saturated carbocycles. The summed E-state index contributed by atoms with van der Waals surface area (Å²) in [6.45, 7) is 1.49. The Bertz CT molecular complexity index is 833. The van der Waals surface area contributed by atoms with Crippen molar-refractivity contribution >= 4 is 11.5 Å². The van der Waals surface area contributed by atoms with E-state index in [0.29, 0.717) is 6.54 Å². The molecule has 0 amide bonds. The second-order valence-corrected chi connectivity index (χ2v) is 5.74. The third kappa shape index (κ3) is 2.19. The van der Waals surface area contributed by atoms with Crippen molar-refractivity contribution in [3.05, 3.63) is 47.6 Å². The Balaban J connectivity index is 1.74. The van der Waals surface area contributed by atoms with Gasteiger partial charge in [-0.05, 0) is 18.1 Å². The van der Waals surface area contributed by atoms with E-state index in [4.69, 9.17) is 0 Å². The van der Waals surface area contributed by atoms with Crippen LogP contribution in [0.2, 0.25) is 0 Å². The minimum Gasteiger partial charge on any atom is -0.368 e. The molecule has 1 saturated heterocycles. The summed E-state index contributed by atoms with van der Waals surface area (Å²) in [5.74, 6) is -0.132. The fourth-order valence-electron chi connectivity index (χ4n) is 3.34. The molecule has 7 nitrogen and oxygen atoms in total. The highest BCUT2D eigenvalue weighted by atomic mass is 16.1. The van der Waals surface area contributed by atoms with Crippen molar-refractivity contribution < 1.29 is 4.79 Å². The molecule has 7 heteroatoms. The first kappa shape index (κ1) is 13.6. The average Bonchev–Trinajstić information content (AvgIpc) is 3.24. The van der Waals surface area contributed by atoms with Crippen molar-refractivity contribution in [2.75, 3.05) is 13.1 Å². The lowest BCUT2D eigenvalue weighted by Crippen LogP contribution is -2.27. The Kier molecular flexibility index (Phi) is 3.15. The van der Waals surface area contributed by atoms with Crippen molar-refractivity contribution in [2.45, 2.75) is 18.9 Å². The minimum atomic E-state index is -0.132. The summed E-state index contributed by atoms with van der Waals surface area (Å²) < 4.78 is 1.84. The van der Waals surface area contributed by atoms with E-state index in [0.717, 1.165) is 29.8 Å². The van der Waals surface area contributed by atoms with Crippen LogP contribution in [-0.4, -0.2) is 43.8 Å². The maximum Gasteiger partial charge on any atom is 0.179 e. The number of pyridine rings is 1. The van der Waals surface area contributed by atoms with Crippen LogP contribution in [0.1, 0.15) is 23.6 Å². The van der Waals surface area contributed by atoms with Crippen molar-refractivity contribution in [1.82, 2.24) is 24.9 Å². The SMILES string of the molecule is N#CC1=C(N2CC[C@@H](n3ccnn3)C2)c2ccncc2CC1=O. The maximum absolute atomic E-state index is 12.3. The van der Waals surface area contributed by atoms with Gasteiger partial charge >= 0.3 is 0 Å². The second kappa shape index (κ2) is 5.32. The summed E-state index contributed by atoms with van der Waals surface area (Å²) in [5, 5.41) is 17.4. The van der Waals surface area contributed by atoms with Crippen LogP contribution < -0.4 is 0 Å². The van der Waals surface area contributed by atoms with Crippen molar-refractivity contribution in [3.8, 4) is 6.07 Å². The predicted molar refractivity (Wildman–Crippen MR) is 80.7 cm³/mol. The number of rotatable bonds is 2. The number of hydrogen-bond donors (Lipinski definition) is 0. The van der Waals surface area contributed by atoms with E-state index in [2.05, 4.69) is 26.3 Å². The number of ketones is 1. The molecule has 0 bridgehead atoms. The molecule has 0 N–H and O–H groups in total. The summed E-state index contributed by atoms with van der Waals surface area (Å²) in [5.41, 5.74) is 2.82. The molecule has 0 aromatic carbocycles. The number of carbonyl (C=O) groups excluding carboxylic acids is 1. The molecule has 23 heavy (non-hydrogen) atoms. The molecule has 0 spiro atoms. The molecule has 2 aromatic heterocycles. The zero-order chi connectivity index (χ0) is 15.8. The van der Waals surface area contributed by atoms with Crippen LogP contribution in [0.5, 0.6) is 0 Å². The number of nitriles is 1. The molecule has 3 heterocycles. The number of fused-ring (bicyclic) bond motifs is 1. The monoisotopic (exact) mass is 306 g/mol. The number of aromatic nitrogens is 4. The van der Waals surface area contributed by atoms with Gasteiger partial charge in [0.1, 0.15) is 11.6 Å². The molecule has 0 unspecified atom stereocenters. The number of Topliss-reactive ketones (excluding diaryl/α,β-unsaturated/α-hetero) is 1. The Morgan fingerprint density at radius 2 is 2.26 bits per heavy atom. The molecule has 1 aliphatic carbocycles. The Labute approximate surface area is 132 Å². The quantitative estimate of drug-likeness (QED) is 0.822. The van der Waals surface area contributed by atoms with E-state index in [1.54, 1.807) is 18.6 Å². The van der Waals surface area contributed by atoms with Crippen LogP contribution >= 0.6 is 0 Å². The van der Waals surface area contributed by atoms with E-state index in [1.165, 1.54) is 0 Å². The molecule has 1 atom stereocenters. The molecule has 2 aromatic rings. The maximum atomic E-state index is 12.3. The van der Waals surface area contributed by atoms with Gasteiger partial charge in [-0.2, -0.15) is 5.26 Å². The highest BCUT2D eigenvalue weighted by Gasteiger charge is 2.33. The molecule has 4 rings (SSSR count). The standard InChI is InChI=1S/C16H14N6O/c17-8-14-15(23)7-11-9-18-3-1-13(11)16(14)21-5-2-12(10-21)22-6-4-19-20-22/h1,3-4,6,9,12H,2,5,7,10H2/t12-/m1/s1. The normalized spacial score (nSPS) is 20.6. The molecule has 114 valence electrons. The van der Waals surface area contributed by atoms with E-state index in [1.807, 2.05) is 16.9 Å². The molecular formula is C16H14N6O. The number of hydrogen-bond acceptors (Lipinski definition) is 6. The van der Waals surface area contributed by atoms with Gasteiger partial charge in [0.25, 0.3) is 0 Å². The van der Waals surface area contributed by atoms with Gasteiger partial charge in [-0.3, -0.25) is 9.78 Å². The lowest BCUT2D eigenvalue weighted by molar-refractivity contribution is -0.114. The van der Waals surface area contributed by atoms with E-state index < -0.39 is 0 Å². The van der Waals surface area contributed by atoms with Gasteiger partial charge in [0.05, 0.1) is 17.9 Å². The van der Waals surface area contributed by atoms with Gasteiger partial charge in [0.2, 0.25) is 0 Å². The minimum absolute atomic E-state index is 0.132. The van der Waals surface area contributed by atoms with Crippen molar-refractivity contribution in [1.29, 1.82) is 5.26 Å². The second-order valence-electron chi connectivity index (χ2n) is 5.74. The predicted octanol–water partition coefficient (Wildman–Crippen LogP) is 0.980. The first-order valence-electron chi connectivity index (χ1n) is 7.49. The van der Waals surface area contributed by atoms with Gasteiger partial charge in [-0.25, -0.2) is 4.68 Å². The average molecular weight is 306 g/mol. The molecule has 0 radical (unpaired) electrons. The highest BCUT2D eigenvalue weighted by molar-refractivity contribution is 6.09. The van der Waals surface area contributed by atoms with Crippen LogP contribution in [0, 0.1) is 11.3 Å². The molecular weight excluding hydrogens is 292 g/mol. The largest absolute Gasteiger partial charge is 0.368 e. The first-order chi connectivity index (χ1) is 11.3. The molecule has 1 aliphatic heterocycles. The van der Waals surface area contributed by atoms with Crippen LogP contribution in [0.4, 0.5) is 0 Å². The molecule has 2 aliphatic rings. The number of likely N-dealkylation sites (tertiary alicyclic amines) is 1. The summed E-state index contributed by atoms with van der Waals surface area (Å²) in [6, 6.07) is 4.19. The van der Waals surface area contributed by atoms with Gasteiger partial charge in [-0.1, -0.05) is 5.21 Å². The third-order valence-electron chi connectivity index (χ3n) is 4.43. The smallest absolute Gasteiger partial charge is 0.179 e. The summed E-state index contributed by atoms with van der Waals surface area (Å²) in [7, 11) is 0. The first-order valence-corrected chi connectivity index (χ1v) is 7.49. The van der Waals surface area contributed by atoms with E-state index >= 15 is 0 Å². The topological polar surface area (TPSA) is 87.7 Å². The summed E-state index contributed by atoms with van der Waals surface area (Å²) >= 11 is 0. The summed E-state index contributed by atoms with van der Waals surface area (Å²) in [6.07, 6.45) is 8.07.